The van der Waals surface area contributed by atoms with Crippen LogP contribution >= 0.6 is 0 Å². The number of rotatable bonds is 5. The number of amides is 1. The third-order valence-electron chi connectivity index (χ3n) is 4.90. The molecule has 1 amide bonds. The Balaban J connectivity index is 1.94. The smallest absolute Gasteiger partial charge is 0.263 e. The molecule has 0 unspecified atom stereocenters. The van der Waals surface area contributed by atoms with E-state index in [4.69, 9.17) is 4.74 Å². The number of ether oxygens (including phenoxy) is 1. The second-order valence-corrected chi connectivity index (χ2v) is 6.85. The summed E-state index contributed by atoms with van der Waals surface area (Å²) in [6.45, 7) is 5.22. The molecule has 0 N–H and O–H groups in total. The first-order valence-corrected chi connectivity index (χ1v) is 8.95. The molecule has 0 radical (unpaired) electrons. The van der Waals surface area contributed by atoms with Crippen LogP contribution in [0.1, 0.15) is 40.2 Å². The van der Waals surface area contributed by atoms with Crippen molar-refractivity contribution < 1.29 is 9.53 Å². The second kappa shape index (κ2) is 7.83. The summed E-state index contributed by atoms with van der Waals surface area (Å²) in [5.74, 6) is -0.260. The van der Waals surface area contributed by atoms with E-state index in [-0.39, 0.29) is 23.1 Å². The van der Waals surface area contributed by atoms with E-state index >= 15 is 0 Å². The van der Waals surface area contributed by atoms with Gasteiger partial charge < -0.3 is 14.2 Å². The quantitative estimate of drug-likeness (QED) is 0.825. The van der Waals surface area contributed by atoms with Gasteiger partial charge in [-0.1, -0.05) is 6.07 Å². The molecule has 1 aliphatic heterocycles. The van der Waals surface area contributed by atoms with Gasteiger partial charge in [-0.15, -0.1) is 0 Å². The van der Waals surface area contributed by atoms with Crippen molar-refractivity contribution in [2.45, 2.75) is 39.3 Å². The standard InChI is InChI=1S/C20H25N3O3/c1-14-11-15(2)22(3)19(24)18(14)20(25)23(13-17-8-6-10-26-17)12-16-7-4-5-9-21-16/h4-5,7,9,11,17H,6,8,10,12-13H2,1-3H3/t17-/m0/s1. The van der Waals surface area contributed by atoms with Crippen LogP contribution in [0, 0.1) is 13.8 Å². The van der Waals surface area contributed by atoms with Crippen molar-refractivity contribution in [1.82, 2.24) is 14.5 Å². The van der Waals surface area contributed by atoms with Crippen LogP contribution < -0.4 is 5.56 Å². The van der Waals surface area contributed by atoms with E-state index in [1.165, 1.54) is 4.57 Å². The van der Waals surface area contributed by atoms with E-state index in [1.807, 2.05) is 38.1 Å². The Morgan fingerprint density at radius 3 is 2.85 bits per heavy atom. The van der Waals surface area contributed by atoms with E-state index in [2.05, 4.69) is 4.98 Å². The van der Waals surface area contributed by atoms with Crippen LogP contribution in [0.25, 0.3) is 0 Å². The van der Waals surface area contributed by atoms with Crippen molar-refractivity contribution >= 4 is 5.91 Å². The van der Waals surface area contributed by atoms with Gasteiger partial charge >= 0.3 is 0 Å². The second-order valence-electron chi connectivity index (χ2n) is 6.85. The van der Waals surface area contributed by atoms with Gasteiger partial charge in [0.2, 0.25) is 0 Å². The van der Waals surface area contributed by atoms with Crippen LogP contribution in [0.4, 0.5) is 0 Å². The molecule has 3 heterocycles. The minimum Gasteiger partial charge on any atom is -0.376 e. The Morgan fingerprint density at radius 1 is 1.38 bits per heavy atom. The van der Waals surface area contributed by atoms with E-state index < -0.39 is 0 Å². The van der Waals surface area contributed by atoms with Crippen molar-refractivity contribution in [3.05, 3.63) is 63.3 Å². The molecule has 2 aromatic heterocycles. The maximum absolute atomic E-state index is 13.3. The molecule has 0 spiro atoms. The Morgan fingerprint density at radius 2 is 2.19 bits per heavy atom. The molecule has 0 bridgehead atoms. The molecule has 26 heavy (non-hydrogen) atoms. The largest absolute Gasteiger partial charge is 0.376 e. The van der Waals surface area contributed by atoms with Crippen LogP contribution in [0.5, 0.6) is 0 Å². The highest BCUT2D eigenvalue weighted by Crippen LogP contribution is 2.17. The van der Waals surface area contributed by atoms with Gasteiger partial charge in [-0.05, 0) is 50.5 Å². The molecule has 0 saturated carbocycles. The molecule has 1 aliphatic rings. The molecule has 138 valence electrons. The molecule has 6 heteroatoms. The summed E-state index contributed by atoms with van der Waals surface area (Å²) in [4.78, 5) is 32.0. The SMILES string of the molecule is Cc1cc(C)n(C)c(=O)c1C(=O)N(Cc1ccccn1)C[C@@H]1CCCO1. The molecule has 6 nitrogen and oxygen atoms in total. The zero-order valence-electron chi connectivity index (χ0n) is 15.6. The number of aromatic nitrogens is 2. The lowest BCUT2D eigenvalue weighted by Gasteiger charge is -2.26. The van der Waals surface area contributed by atoms with Gasteiger partial charge in [0.15, 0.2) is 0 Å². The van der Waals surface area contributed by atoms with E-state index in [9.17, 15) is 9.59 Å². The van der Waals surface area contributed by atoms with E-state index in [0.29, 0.717) is 18.7 Å². The van der Waals surface area contributed by atoms with Gasteiger partial charge in [-0.3, -0.25) is 14.6 Å². The Labute approximate surface area is 153 Å². The highest BCUT2D eigenvalue weighted by atomic mass is 16.5. The first kappa shape index (κ1) is 18.3. The summed E-state index contributed by atoms with van der Waals surface area (Å²) in [5, 5.41) is 0. The fraction of sp³-hybridized carbons (Fsp3) is 0.450. The lowest BCUT2D eigenvalue weighted by atomic mass is 10.1. The number of carbonyl (C=O) groups excluding carboxylic acids is 1. The highest BCUT2D eigenvalue weighted by Gasteiger charge is 2.27. The maximum atomic E-state index is 13.3. The molecule has 1 saturated heterocycles. The first-order valence-electron chi connectivity index (χ1n) is 8.95. The number of carbonyl (C=O) groups is 1. The Bertz CT molecular complexity index is 839. The summed E-state index contributed by atoms with van der Waals surface area (Å²) in [5.41, 5.74) is 2.30. The van der Waals surface area contributed by atoms with Gasteiger partial charge in [-0.2, -0.15) is 0 Å². The van der Waals surface area contributed by atoms with Crippen LogP contribution in [-0.2, 0) is 18.3 Å². The molecule has 1 atom stereocenters. The summed E-state index contributed by atoms with van der Waals surface area (Å²) in [6.07, 6.45) is 3.65. The van der Waals surface area contributed by atoms with Crippen LogP contribution in [-0.4, -0.2) is 39.6 Å². The molecule has 3 rings (SSSR count). The number of hydrogen-bond acceptors (Lipinski definition) is 4. The van der Waals surface area contributed by atoms with Gasteiger partial charge in [0.1, 0.15) is 5.56 Å². The third kappa shape index (κ3) is 3.85. The zero-order chi connectivity index (χ0) is 18.7. The number of pyridine rings is 2. The molecule has 1 fully saturated rings. The fourth-order valence-corrected chi connectivity index (χ4v) is 3.34. The van der Waals surface area contributed by atoms with Crippen LogP contribution in [0.2, 0.25) is 0 Å². The predicted molar refractivity (Wildman–Crippen MR) is 99.1 cm³/mol. The van der Waals surface area contributed by atoms with Crippen molar-refractivity contribution in [2.24, 2.45) is 7.05 Å². The average Bonchev–Trinajstić information content (AvgIpc) is 3.13. The Hall–Kier alpha value is -2.47. The van der Waals surface area contributed by atoms with Crippen molar-refractivity contribution in [2.75, 3.05) is 13.2 Å². The van der Waals surface area contributed by atoms with Gasteiger partial charge in [-0.25, -0.2) is 0 Å². The normalized spacial score (nSPS) is 16.7. The average molecular weight is 355 g/mol. The molecular formula is C20H25N3O3. The van der Waals surface area contributed by atoms with Gasteiger partial charge in [0.05, 0.1) is 18.3 Å². The highest BCUT2D eigenvalue weighted by molar-refractivity contribution is 5.95. The van der Waals surface area contributed by atoms with Gasteiger partial charge in [0.25, 0.3) is 11.5 Å². The van der Waals surface area contributed by atoms with Gasteiger partial charge in [0, 0.05) is 32.1 Å². The summed E-state index contributed by atoms with van der Waals surface area (Å²) in [6, 6.07) is 7.50. The summed E-state index contributed by atoms with van der Waals surface area (Å²) >= 11 is 0. The number of aryl methyl sites for hydroxylation is 2. The summed E-state index contributed by atoms with van der Waals surface area (Å²) < 4.78 is 7.23. The van der Waals surface area contributed by atoms with Crippen molar-refractivity contribution in [3.63, 3.8) is 0 Å². The summed E-state index contributed by atoms with van der Waals surface area (Å²) in [7, 11) is 1.69. The third-order valence-corrected chi connectivity index (χ3v) is 4.90. The first-order chi connectivity index (χ1) is 12.5. The van der Waals surface area contributed by atoms with Crippen LogP contribution in [0.3, 0.4) is 0 Å². The van der Waals surface area contributed by atoms with Crippen molar-refractivity contribution in [1.29, 1.82) is 0 Å². The maximum Gasteiger partial charge on any atom is 0.263 e. The Kier molecular flexibility index (Phi) is 5.52. The van der Waals surface area contributed by atoms with Crippen LogP contribution in [0.15, 0.2) is 35.3 Å². The van der Waals surface area contributed by atoms with Crippen molar-refractivity contribution in [3.8, 4) is 0 Å². The number of nitrogens with zero attached hydrogens (tertiary/aromatic N) is 3. The lowest BCUT2D eigenvalue weighted by molar-refractivity contribution is 0.0502. The van der Waals surface area contributed by atoms with E-state index in [0.717, 1.165) is 30.8 Å². The minimum absolute atomic E-state index is 0.0114. The molecule has 0 aliphatic carbocycles. The minimum atomic E-state index is -0.260. The molecule has 2 aromatic rings. The monoisotopic (exact) mass is 355 g/mol. The van der Waals surface area contributed by atoms with E-state index in [1.54, 1.807) is 18.1 Å². The molecule has 0 aromatic carbocycles. The topological polar surface area (TPSA) is 64.4 Å². The fourth-order valence-electron chi connectivity index (χ4n) is 3.34. The zero-order valence-corrected chi connectivity index (χ0v) is 15.6. The predicted octanol–water partition coefficient (Wildman–Crippen LogP) is 2.22. The number of hydrogen-bond donors (Lipinski definition) is 0. The molecular weight excluding hydrogens is 330 g/mol. The lowest BCUT2D eigenvalue weighted by Crippen LogP contribution is -2.41.